The molecule has 4 heteroatoms. The highest BCUT2D eigenvalue weighted by Crippen LogP contribution is 2.20. The van der Waals surface area contributed by atoms with Crippen molar-refractivity contribution in [1.29, 1.82) is 0 Å². The van der Waals surface area contributed by atoms with Crippen LogP contribution in [0.5, 0.6) is 0 Å². The van der Waals surface area contributed by atoms with Gasteiger partial charge in [-0.3, -0.25) is 9.69 Å². The van der Waals surface area contributed by atoms with E-state index in [2.05, 4.69) is 24.1 Å². The SMILES string of the molecule is CCN(CC)C(C(=O)NCCC(C)N)c1ccccc1. The Morgan fingerprint density at radius 2 is 1.85 bits per heavy atom. The van der Waals surface area contributed by atoms with E-state index in [-0.39, 0.29) is 18.0 Å². The number of benzene rings is 1. The lowest BCUT2D eigenvalue weighted by molar-refractivity contribution is -0.126. The molecule has 0 bridgehead atoms. The Morgan fingerprint density at radius 1 is 1.25 bits per heavy atom. The van der Waals surface area contributed by atoms with Gasteiger partial charge in [0, 0.05) is 12.6 Å². The van der Waals surface area contributed by atoms with E-state index in [1.54, 1.807) is 0 Å². The van der Waals surface area contributed by atoms with E-state index in [9.17, 15) is 4.79 Å². The molecule has 1 aromatic carbocycles. The molecule has 0 fully saturated rings. The number of hydrogen-bond donors (Lipinski definition) is 2. The molecule has 0 heterocycles. The summed E-state index contributed by atoms with van der Waals surface area (Å²) in [4.78, 5) is 14.7. The molecule has 2 unspecified atom stereocenters. The molecule has 0 saturated heterocycles. The topological polar surface area (TPSA) is 58.4 Å². The lowest BCUT2D eigenvalue weighted by atomic mass is 10.0. The van der Waals surface area contributed by atoms with Crippen molar-refractivity contribution in [3.8, 4) is 0 Å². The summed E-state index contributed by atoms with van der Waals surface area (Å²) in [7, 11) is 0. The van der Waals surface area contributed by atoms with E-state index >= 15 is 0 Å². The number of hydrogen-bond acceptors (Lipinski definition) is 3. The molecule has 3 N–H and O–H groups in total. The second-order valence-corrected chi connectivity index (χ2v) is 5.09. The molecular formula is C16H27N3O. The molecule has 0 radical (unpaired) electrons. The lowest BCUT2D eigenvalue weighted by Gasteiger charge is -2.29. The first-order valence-corrected chi connectivity index (χ1v) is 7.42. The minimum atomic E-state index is -0.223. The summed E-state index contributed by atoms with van der Waals surface area (Å²) in [5, 5.41) is 3.00. The summed E-state index contributed by atoms with van der Waals surface area (Å²) in [6.45, 7) is 8.42. The van der Waals surface area contributed by atoms with Gasteiger partial charge in [0.05, 0.1) is 0 Å². The van der Waals surface area contributed by atoms with Crippen LogP contribution in [0.4, 0.5) is 0 Å². The van der Waals surface area contributed by atoms with Crippen LogP contribution in [0.25, 0.3) is 0 Å². The fourth-order valence-corrected chi connectivity index (χ4v) is 2.27. The van der Waals surface area contributed by atoms with Crippen LogP contribution in [0, 0.1) is 0 Å². The van der Waals surface area contributed by atoms with Gasteiger partial charge in [-0.05, 0) is 32.0 Å². The third-order valence-electron chi connectivity index (χ3n) is 3.44. The van der Waals surface area contributed by atoms with Crippen molar-refractivity contribution < 1.29 is 4.79 Å². The monoisotopic (exact) mass is 277 g/mol. The van der Waals surface area contributed by atoms with Crippen molar-refractivity contribution in [2.75, 3.05) is 19.6 Å². The quantitative estimate of drug-likeness (QED) is 0.763. The predicted octanol–water partition coefficient (Wildman–Crippen LogP) is 1.92. The number of rotatable bonds is 8. The van der Waals surface area contributed by atoms with Crippen molar-refractivity contribution in [3.63, 3.8) is 0 Å². The van der Waals surface area contributed by atoms with Gasteiger partial charge in [-0.25, -0.2) is 0 Å². The van der Waals surface area contributed by atoms with Crippen LogP contribution in [0.3, 0.4) is 0 Å². The maximum Gasteiger partial charge on any atom is 0.241 e. The Kier molecular flexibility index (Phi) is 7.26. The smallest absolute Gasteiger partial charge is 0.241 e. The van der Waals surface area contributed by atoms with Crippen molar-refractivity contribution in [2.45, 2.75) is 39.3 Å². The van der Waals surface area contributed by atoms with E-state index in [1.807, 2.05) is 37.3 Å². The van der Waals surface area contributed by atoms with E-state index in [1.165, 1.54) is 0 Å². The van der Waals surface area contributed by atoms with Crippen LogP contribution >= 0.6 is 0 Å². The van der Waals surface area contributed by atoms with E-state index < -0.39 is 0 Å². The zero-order chi connectivity index (χ0) is 15.0. The molecule has 1 aromatic rings. The number of nitrogens with one attached hydrogen (secondary N) is 1. The van der Waals surface area contributed by atoms with Gasteiger partial charge in [0.1, 0.15) is 6.04 Å². The highest BCUT2D eigenvalue weighted by Gasteiger charge is 2.25. The fraction of sp³-hybridized carbons (Fsp3) is 0.562. The summed E-state index contributed by atoms with van der Waals surface area (Å²) in [6.07, 6.45) is 0.797. The summed E-state index contributed by atoms with van der Waals surface area (Å²) in [5.41, 5.74) is 6.75. The number of nitrogens with two attached hydrogens (primary N) is 1. The van der Waals surface area contributed by atoms with Crippen LogP contribution in [0.15, 0.2) is 30.3 Å². The summed E-state index contributed by atoms with van der Waals surface area (Å²) in [6, 6.07) is 9.82. The van der Waals surface area contributed by atoms with E-state index in [4.69, 9.17) is 5.73 Å². The van der Waals surface area contributed by atoms with Crippen LogP contribution in [0.1, 0.15) is 38.8 Å². The van der Waals surface area contributed by atoms with Crippen LogP contribution in [-0.4, -0.2) is 36.5 Å². The third kappa shape index (κ3) is 4.94. The van der Waals surface area contributed by atoms with Gasteiger partial charge in [0.15, 0.2) is 0 Å². The lowest BCUT2D eigenvalue weighted by Crippen LogP contribution is -2.41. The molecule has 0 aliphatic rings. The first kappa shape index (κ1) is 16.7. The van der Waals surface area contributed by atoms with Crippen molar-refractivity contribution >= 4 is 5.91 Å². The standard InChI is InChI=1S/C16H27N3O/c1-4-19(5-2)15(14-9-7-6-8-10-14)16(20)18-12-11-13(3)17/h6-10,13,15H,4-5,11-12,17H2,1-3H3,(H,18,20). The minimum absolute atomic E-state index is 0.0561. The second-order valence-electron chi connectivity index (χ2n) is 5.09. The molecule has 0 spiro atoms. The fourth-order valence-electron chi connectivity index (χ4n) is 2.27. The number of likely N-dealkylation sites (N-methyl/N-ethyl adjacent to an activating group) is 1. The molecule has 20 heavy (non-hydrogen) atoms. The van der Waals surface area contributed by atoms with E-state index in [0.29, 0.717) is 6.54 Å². The molecule has 0 aromatic heterocycles. The van der Waals surface area contributed by atoms with Crippen LogP contribution in [0.2, 0.25) is 0 Å². The maximum absolute atomic E-state index is 12.5. The molecule has 0 saturated carbocycles. The number of amides is 1. The largest absolute Gasteiger partial charge is 0.354 e. The Bertz CT molecular complexity index is 388. The van der Waals surface area contributed by atoms with Gasteiger partial charge in [-0.2, -0.15) is 0 Å². The highest BCUT2D eigenvalue weighted by atomic mass is 16.2. The van der Waals surface area contributed by atoms with Gasteiger partial charge < -0.3 is 11.1 Å². The van der Waals surface area contributed by atoms with Gasteiger partial charge >= 0.3 is 0 Å². The van der Waals surface area contributed by atoms with Gasteiger partial charge in [0.2, 0.25) is 5.91 Å². The average Bonchev–Trinajstić information content (AvgIpc) is 2.44. The first-order valence-electron chi connectivity index (χ1n) is 7.42. The zero-order valence-electron chi connectivity index (χ0n) is 12.8. The van der Waals surface area contributed by atoms with E-state index in [0.717, 1.165) is 25.1 Å². The maximum atomic E-state index is 12.5. The normalized spacial score (nSPS) is 14.1. The Balaban J connectivity index is 2.80. The minimum Gasteiger partial charge on any atom is -0.354 e. The molecule has 2 atom stereocenters. The van der Waals surface area contributed by atoms with Crippen LogP contribution in [-0.2, 0) is 4.79 Å². The molecule has 112 valence electrons. The van der Waals surface area contributed by atoms with Crippen molar-refractivity contribution in [3.05, 3.63) is 35.9 Å². The van der Waals surface area contributed by atoms with Gasteiger partial charge in [-0.1, -0.05) is 44.2 Å². The molecule has 1 amide bonds. The molecule has 4 nitrogen and oxygen atoms in total. The third-order valence-corrected chi connectivity index (χ3v) is 3.44. The molecule has 0 aliphatic heterocycles. The number of carbonyl (C=O) groups is 1. The second kappa shape index (κ2) is 8.72. The Labute approximate surface area is 122 Å². The van der Waals surface area contributed by atoms with Crippen molar-refractivity contribution in [1.82, 2.24) is 10.2 Å². The summed E-state index contributed by atoms with van der Waals surface area (Å²) >= 11 is 0. The zero-order valence-corrected chi connectivity index (χ0v) is 12.8. The highest BCUT2D eigenvalue weighted by molar-refractivity contribution is 5.83. The average molecular weight is 277 g/mol. The van der Waals surface area contributed by atoms with Gasteiger partial charge in [-0.15, -0.1) is 0 Å². The summed E-state index contributed by atoms with van der Waals surface area (Å²) in [5.74, 6) is 0.0561. The van der Waals surface area contributed by atoms with Gasteiger partial charge in [0.25, 0.3) is 0 Å². The number of nitrogens with zero attached hydrogens (tertiary/aromatic N) is 1. The Hall–Kier alpha value is -1.39. The predicted molar refractivity (Wildman–Crippen MR) is 83.4 cm³/mol. The molecular weight excluding hydrogens is 250 g/mol. The molecule has 0 aliphatic carbocycles. The summed E-state index contributed by atoms with van der Waals surface area (Å²) < 4.78 is 0. The van der Waals surface area contributed by atoms with Crippen LogP contribution < -0.4 is 11.1 Å². The Morgan fingerprint density at radius 3 is 2.35 bits per heavy atom. The first-order chi connectivity index (χ1) is 9.60. The number of carbonyl (C=O) groups excluding carboxylic acids is 1. The van der Waals surface area contributed by atoms with Crippen molar-refractivity contribution in [2.24, 2.45) is 5.73 Å². The molecule has 1 rings (SSSR count).